The minimum atomic E-state index is -0.237. The van der Waals surface area contributed by atoms with Gasteiger partial charge in [-0.15, -0.1) is 0 Å². The van der Waals surface area contributed by atoms with Crippen LogP contribution in [0.4, 0.5) is 5.69 Å². The summed E-state index contributed by atoms with van der Waals surface area (Å²) in [6.45, 7) is 8.93. The molecule has 1 aliphatic heterocycles. The molecule has 1 aromatic carbocycles. The van der Waals surface area contributed by atoms with Crippen molar-refractivity contribution in [2.75, 3.05) is 11.4 Å². The van der Waals surface area contributed by atoms with Gasteiger partial charge in [0, 0.05) is 18.9 Å². The zero-order chi connectivity index (χ0) is 15.6. The van der Waals surface area contributed by atoms with Gasteiger partial charge >= 0.3 is 0 Å². The van der Waals surface area contributed by atoms with E-state index >= 15 is 0 Å². The minimum Gasteiger partial charge on any atom is -0.310 e. The first-order valence-electron chi connectivity index (χ1n) is 7.53. The molecule has 114 valence electrons. The van der Waals surface area contributed by atoms with E-state index in [2.05, 4.69) is 19.2 Å². The Morgan fingerprint density at radius 3 is 2.43 bits per heavy atom. The minimum absolute atomic E-state index is 0.107. The molecule has 1 saturated heterocycles. The maximum Gasteiger partial charge on any atom is 0.234 e. The van der Waals surface area contributed by atoms with Crippen LogP contribution < -0.4 is 10.2 Å². The highest BCUT2D eigenvalue weighted by Gasteiger charge is 2.38. The number of carbonyl (C=O) groups excluding carboxylic acids is 2. The lowest BCUT2D eigenvalue weighted by Gasteiger charge is -2.34. The monoisotopic (exact) mass is 288 g/mol. The molecule has 0 aromatic heterocycles. The molecule has 0 bridgehead atoms. The van der Waals surface area contributed by atoms with Gasteiger partial charge in [0.15, 0.2) is 0 Å². The van der Waals surface area contributed by atoms with Crippen LogP contribution >= 0.6 is 0 Å². The fraction of sp³-hybridized carbons (Fsp3) is 0.529. The molecular weight excluding hydrogens is 264 g/mol. The predicted molar refractivity (Wildman–Crippen MR) is 84.0 cm³/mol. The number of anilines is 1. The summed E-state index contributed by atoms with van der Waals surface area (Å²) in [5, 5.41) is 3.34. The fourth-order valence-electron chi connectivity index (χ4n) is 2.82. The quantitative estimate of drug-likeness (QED) is 0.866. The Kier molecular flexibility index (Phi) is 4.47. The normalized spacial score (nSPS) is 19.7. The maximum atomic E-state index is 12.3. The molecule has 4 nitrogen and oxygen atoms in total. The van der Waals surface area contributed by atoms with Crippen LogP contribution in [-0.4, -0.2) is 18.4 Å². The Bertz CT molecular complexity index is 531. The van der Waals surface area contributed by atoms with Gasteiger partial charge in [-0.2, -0.15) is 0 Å². The first-order chi connectivity index (χ1) is 9.84. The van der Waals surface area contributed by atoms with Crippen molar-refractivity contribution in [2.24, 2.45) is 5.41 Å². The van der Waals surface area contributed by atoms with E-state index in [1.165, 1.54) is 4.90 Å². The Morgan fingerprint density at radius 2 is 1.86 bits per heavy atom. The number of hydrogen-bond donors (Lipinski definition) is 1. The molecule has 21 heavy (non-hydrogen) atoms. The van der Waals surface area contributed by atoms with Crippen LogP contribution in [0.1, 0.15) is 52.1 Å². The van der Waals surface area contributed by atoms with Crippen molar-refractivity contribution in [3.05, 3.63) is 29.8 Å². The highest BCUT2D eigenvalue weighted by Crippen LogP contribution is 2.34. The third-order valence-corrected chi connectivity index (χ3v) is 3.90. The number of rotatable bonds is 4. The van der Waals surface area contributed by atoms with Crippen LogP contribution in [0.25, 0.3) is 0 Å². The first-order valence-corrected chi connectivity index (χ1v) is 7.53. The molecule has 0 saturated carbocycles. The highest BCUT2D eigenvalue weighted by molar-refractivity contribution is 6.16. The number of nitrogens with zero attached hydrogens (tertiary/aromatic N) is 1. The summed E-state index contributed by atoms with van der Waals surface area (Å²) in [6.07, 6.45) is 0.817. The van der Waals surface area contributed by atoms with Gasteiger partial charge in [-0.25, -0.2) is 0 Å². The van der Waals surface area contributed by atoms with Crippen molar-refractivity contribution in [3.8, 4) is 0 Å². The topological polar surface area (TPSA) is 49.4 Å². The second-order valence-electron chi connectivity index (χ2n) is 6.52. The zero-order valence-corrected chi connectivity index (χ0v) is 13.3. The molecule has 1 N–H and O–H groups in total. The lowest BCUT2D eigenvalue weighted by molar-refractivity contribution is -0.132. The van der Waals surface area contributed by atoms with Crippen LogP contribution in [0.3, 0.4) is 0 Å². The summed E-state index contributed by atoms with van der Waals surface area (Å²) in [6, 6.07) is 7.87. The van der Waals surface area contributed by atoms with Crippen LogP contribution in [0.2, 0.25) is 0 Å². The van der Waals surface area contributed by atoms with E-state index in [9.17, 15) is 9.59 Å². The van der Waals surface area contributed by atoms with Gasteiger partial charge < -0.3 is 5.32 Å². The SMILES string of the molecule is CCNC(C)c1cccc(N2C(=O)CC(C)(C)CC2=O)c1. The Hall–Kier alpha value is -1.68. The molecule has 1 aromatic rings. The molecular formula is C17H24N2O2. The van der Waals surface area contributed by atoms with Crippen molar-refractivity contribution in [3.63, 3.8) is 0 Å². The van der Waals surface area contributed by atoms with Gasteiger partial charge in [0.2, 0.25) is 11.8 Å². The summed E-state index contributed by atoms with van der Waals surface area (Å²) < 4.78 is 0. The molecule has 0 aliphatic carbocycles. The summed E-state index contributed by atoms with van der Waals surface area (Å²) in [5.74, 6) is -0.214. The number of amides is 2. The summed E-state index contributed by atoms with van der Waals surface area (Å²) in [5.41, 5.74) is 1.53. The lowest BCUT2D eigenvalue weighted by Crippen LogP contribution is -2.46. The van der Waals surface area contributed by atoms with Gasteiger partial charge in [-0.05, 0) is 36.6 Å². The Labute approximate surface area is 126 Å². The molecule has 1 atom stereocenters. The van der Waals surface area contributed by atoms with E-state index in [0.29, 0.717) is 18.5 Å². The fourth-order valence-corrected chi connectivity index (χ4v) is 2.82. The first kappa shape index (κ1) is 15.7. The van der Waals surface area contributed by atoms with Crippen LogP contribution in [0, 0.1) is 5.41 Å². The number of hydrogen-bond acceptors (Lipinski definition) is 3. The van der Waals surface area contributed by atoms with Gasteiger partial charge in [0.1, 0.15) is 0 Å². The van der Waals surface area contributed by atoms with Crippen LogP contribution in [0.5, 0.6) is 0 Å². The number of imide groups is 1. The number of benzene rings is 1. The molecule has 1 fully saturated rings. The summed E-state index contributed by atoms with van der Waals surface area (Å²) >= 11 is 0. The smallest absolute Gasteiger partial charge is 0.234 e. The Morgan fingerprint density at radius 1 is 1.24 bits per heavy atom. The van der Waals surface area contributed by atoms with E-state index in [1.807, 2.05) is 38.1 Å². The molecule has 2 rings (SSSR count). The number of carbonyl (C=O) groups is 2. The highest BCUT2D eigenvalue weighted by atomic mass is 16.2. The van der Waals surface area contributed by atoms with Gasteiger partial charge in [0.05, 0.1) is 5.69 Å². The third kappa shape index (κ3) is 3.50. The van der Waals surface area contributed by atoms with Gasteiger partial charge in [-0.3, -0.25) is 14.5 Å². The number of piperidine rings is 1. The van der Waals surface area contributed by atoms with Crippen molar-refractivity contribution in [1.29, 1.82) is 0 Å². The molecule has 1 heterocycles. The maximum absolute atomic E-state index is 12.3. The molecule has 1 unspecified atom stereocenters. The Balaban J connectivity index is 2.28. The zero-order valence-electron chi connectivity index (χ0n) is 13.3. The van der Waals surface area contributed by atoms with E-state index in [1.54, 1.807) is 0 Å². The summed E-state index contributed by atoms with van der Waals surface area (Å²) in [4.78, 5) is 26.0. The van der Waals surface area contributed by atoms with E-state index in [4.69, 9.17) is 0 Å². The van der Waals surface area contributed by atoms with Crippen LogP contribution in [0.15, 0.2) is 24.3 Å². The predicted octanol–water partition coefficient (Wildman–Crippen LogP) is 3.04. The van der Waals surface area contributed by atoms with E-state index in [0.717, 1.165) is 12.1 Å². The van der Waals surface area contributed by atoms with E-state index in [-0.39, 0.29) is 23.3 Å². The molecule has 0 radical (unpaired) electrons. The lowest BCUT2D eigenvalue weighted by atomic mass is 9.81. The largest absolute Gasteiger partial charge is 0.310 e. The van der Waals surface area contributed by atoms with E-state index < -0.39 is 0 Å². The van der Waals surface area contributed by atoms with Crippen molar-refractivity contribution >= 4 is 17.5 Å². The molecule has 0 spiro atoms. The average Bonchev–Trinajstić information content (AvgIpc) is 2.37. The molecule has 4 heteroatoms. The van der Waals surface area contributed by atoms with Crippen LogP contribution in [-0.2, 0) is 9.59 Å². The van der Waals surface area contributed by atoms with Crippen molar-refractivity contribution < 1.29 is 9.59 Å². The van der Waals surface area contributed by atoms with Gasteiger partial charge in [0.25, 0.3) is 0 Å². The van der Waals surface area contributed by atoms with Gasteiger partial charge in [-0.1, -0.05) is 32.9 Å². The number of nitrogens with one attached hydrogen (secondary N) is 1. The third-order valence-electron chi connectivity index (χ3n) is 3.90. The summed E-state index contributed by atoms with van der Waals surface area (Å²) in [7, 11) is 0. The standard InChI is InChI=1S/C17H24N2O2/c1-5-18-12(2)13-7-6-8-14(9-13)19-15(20)10-17(3,4)11-16(19)21/h6-9,12,18H,5,10-11H2,1-4H3. The molecule has 2 amide bonds. The molecule has 1 aliphatic rings. The second kappa shape index (κ2) is 5.98. The average molecular weight is 288 g/mol. The van der Waals surface area contributed by atoms with Crippen molar-refractivity contribution in [2.45, 2.75) is 46.6 Å². The second-order valence-corrected chi connectivity index (χ2v) is 6.52. The van der Waals surface area contributed by atoms with Crippen molar-refractivity contribution in [1.82, 2.24) is 5.32 Å².